The highest BCUT2D eigenvalue weighted by atomic mass is 32.1. The molecule has 2 heterocycles. The molecule has 18 heavy (non-hydrogen) atoms. The van der Waals surface area contributed by atoms with Gasteiger partial charge in [-0.25, -0.2) is 4.79 Å². The summed E-state index contributed by atoms with van der Waals surface area (Å²) in [5.74, 6) is -0.417. The van der Waals surface area contributed by atoms with Gasteiger partial charge >= 0.3 is 5.97 Å². The zero-order valence-electron chi connectivity index (χ0n) is 10.4. The van der Waals surface area contributed by atoms with Gasteiger partial charge in [0.2, 0.25) is 5.91 Å². The van der Waals surface area contributed by atoms with Crippen molar-refractivity contribution in [2.24, 2.45) is 5.73 Å². The minimum atomic E-state index is -0.384. The molecule has 1 amide bonds. The van der Waals surface area contributed by atoms with E-state index in [0.717, 1.165) is 4.88 Å². The summed E-state index contributed by atoms with van der Waals surface area (Å²) in [4.78, 5) is 26.2. The van der Waals surface area contributed by atoms with Crippen LogP contribution < -0.4 is 10.6 Å². The van der Waals surface area contributed by atoms with Crippen LogP contribution in [-0.2, 0) is 9.53 Å². The summed E-state index contributed by atoms with van der Waals surface area (Å²) in [7, 11) is 0. The van der Waals surface area contributed by atoms with E-state index in [1.165, 1.54) is 11.3 Å². The van der Waals surface area contributed by atoms with Gasteiger partial charge in [0.05, 0.1) is 12.2 Å². The Bertz CT molecular complexity index is 484. The molecule has 0 radical (unpaired) electrons. The standard InChI is InChI=1S/C12H16N2O3S/c1-3-17-12(16)9-4-7(2)18-11(9)14-6-8(13)5-10(14)15/h4,8H,3,5-6,13H2,1-2H3. The number of hydrogen-bond acceptors (Lipinski definition) is 5. The zero-order valence-corrected chi connectivity index (χ0v) is 11.3. The fraction of sp³-hybridized carbons (Fsp3) is 0.500. The molecule has 0 aliphatic carbocycles. The maximum absolute atomic E-state index is 11.8. The number of aryl methyl sites for hydroxylation is 1. The summed E-state index contributed by atoms with van der Waals surface area (Å²) < 4.78 is 5.00. The molecule has 1 aliphatic heterocycles. The van der Waals surface area contributed by atoms with Gasteiger partial charge in [0, 0.05) is 23.9 Å². The first kappa shape index (κ1) is 13.0. The first-order valence-electron chi connectivity index (χ1n) is 5.86. The van der Waals surface area contributed by atoms with Crippen molar-refractivity contribution in [2.45, 2.75) is 26.3 Å². The number of amides is 1. The van der Waals surface area contributed by atoms with Crippen molar-refractivity contribution in [3.8, 4) is 0 Å². The molecule has 98 valence electrons. The SMILES string of the molecule is CCOC(=O)c1cc(C)sc1N1CC(N)CC1=O. The molecule has 0 aromatic carbocycles. The van der Waals surface area contributed by atoms with E-state index in [4.69, 9.17) is 10.5 Å². The topological polar surface area (TPSA) is 72.6 Å². The predicted octanol–water partition coefficient (Wildman–Crippen LogP) is 1.30. The van der Waals surface area contributed by atoms with Crippen LogP contribution >= 0.6 is 11.3 Å². The second-order valence-corrected chi connectivity index (χ2v) is 5.50. The number of carbonyl (C=O) groups excluding carboxylic acids is 2. The fourth-order valence-corrected chi connectivity index (χ4v) is 3.01. The van der Waals surface area contributed by atoms with Gasteiger partial charge in [-0.1, -0.05) is 0 Å². The molecule has 0 spiro atoms. The smallest absolute Gasteiger partial charge is 0.341 e. The Morgan fingerprint density at radius 1 is 1.67 bits per heavy atom. The molecule has 1 aromatic rings. The molecule has 0 saturated carbocycles. The van der Waals surface area contributed by atoms with Gasteiger partial charge in [-0.2, -0.15) is 0 Å². The number of nitrogens with two attached hydrogens (primary N) is 1. The van der Waals surface area contributed by atoms with E-state index in [-0.39, 0.29) is 17.9 Å². The van der Waals surface area contributed by atoms with Crippen LogP contribution in [-0.4, -0.2) is 31.1 Å². The maximum Gasteiger partial charge on any atom is 0.341 e. The van der Waals surface area contributed by atoms with E-state index >= 15 is 0 Å². The number of rotatable bonds is 3. The number of hydrogen-bond donors (Lipinski definition) is 1. The van der Waals surface area contributed by atoms with Crippen molar-refractivity contribution < 1.29 is 14.3 Å². The summed E-state index contributed by atoms with van der Waals surface area (Å²) >= 11 is 1.42. The lowest BCUT2D eigenvalue weighted by atomic mass is 10.3. The first-order chi connectivity index (χ1) is 8.52. The average Bonchev–Trinajstić information content (AvgIpc) is 2.82. The van der Waals surface area contributed by atoms with E-state index in [2.05, 4.69) is 0 Å². The minimum absolute atomic E-state index is 0.0325. The van der Waals surface area contributed by atoms with Gasteiger partial charge in [0.25, 0.3) is 0 Å². The Morgan fingerprint density at radius 2 is 2.39 bits per heavy atom. The Hall–Kier alpha value is -1.40. The molecule has 2 N–H and O–H groups in total. The highest BCUT2D eigenvalue weighted by Gasteiger charge is 2.32. The molecular weight excluding hydrogens is 252 g/mol. The van der Waals surface area contributed by atoms with Crippen LogP contribution in [0.1, 0.15) is 28.6 Å². The Morgan fingerprint density at radius 3 is 2.94 bits per heavy atom. The molecule has 1 unspecified atom stereocenters. The summed E-state index contributed by atoms with van der Waals surface area (Å²) in [6, 6.07) is 1.60. The molecule has 2 rings (SSSR count). The second-order valence-electron chi connectivity index (χ2n) is 4.26. The maximum atomic E-state index is 11.8. The normalized spacial score (nSPS) is 19.4. The van der Waals surface area contributed by atoms with E-state index < -0.39 is 0 Å². The Labute approximate surface area is 110 Å². The predicted molar refractivity (Wildman–Crippen MR) is 70.0 cm³/mol. The van der Waals surface area contributed by atoms with Gasteiger partial charge in [-0.3, -0.25) is 4.79 Å². The lowest BCUT2D eigenvalue weighted by molar-refractivity contribution is -0.117. The third-order valence-corrected chi connectivity index (χ3v) is 3.80. The highest BCUT2D eigenvalue weighted by molar-refractivity contribution is 7.16. The van der Waals surface area contributed by atoms with Crippen LogP contribution in [0.2, 0.25) is 0 Å². The summed E-state index contributed by atoms with van der Waals surface area (Å²) in [6.45, 7) is 4.44. The van der Waals surface area contributed by atoms with Crippen LogP contribution in [0.4, 0.5) is 5.00 Å². The number of esters is 1. The van der Waals surface area contributed by atoms with Crippen LogP contribution in [0.3, 0.4) is 0 Å². The number of thiophene rings is 1. The van der Waals surface area contributed by atoms with E-state index in [1.54, 1.807) is 17.9 Å². The van der Waals surface area contributed by atoms with Crippen molar-refractivity contribution in [3.63, 3.8) is 0 Å². The van der Waals surface area contributed by atoms with E-state index in [9.17, 15) is 9.59 Å². The summed E-state index contributed by atoms with van der Waals surface area (Å²) in [5, 5.41) is 0.656. The summed E-state index contributed by atoms with van der Waals surface area (Å²) in [6.07, 6.45) is 0.333. The third-order valence-electron chi connectivity index (χ3n) is 2.73. The highest BCUT2D eigenvalue weighted by Crippen LogP contribution is 2.34. The number of carbonyl (C=O) groups is 2. The van der Waals surface area contributed by atoms with Crippen LogP contribution in [0.15, 0.2) is 6.07 Å². The minimum Gasteiger partial charge on any atom is -0.462 e. The molecule has 5 nitrogen and oxygen atoms in total. The molecule has 1 saturated heterocycles. The molecular formula is C12H16N2O3S. The number of nitrogens with zero attached hydrogens (tertiary/aromatic N) is 1. The average molecular weight is 268 g/mol. The fourth-order valence-electron chi connectivity index (χ4n) is 1.99. The quantitative estimate of drug-likeness (QED) is 0.839. The monoisotopic (exact) mass is 268 g/mol. The van der Waals surface area contributed by atoms with Gasteiger partial charge in [-0.15, -0.1) is 11.3 Å². The molecule has 6 heteroatoms. The lowest BCUT2D eigenvalue weighted by Gasteiger charge is -2.15. The molecule has 1 fully saturated rings. The summed E-state index contributed by atoms with van der Waals surface area (Å²) in [5.41, 5.74) is 6.23. The Balaban J connectivity index is 2.33. The second kappa shape index (κ2) is 5.07. The van der Waals surface area contributed by atoms with Gasteiger partial charge < -0.3 is 15.4 Å². The van der Waals surface area contributed by atoms with Crippen molar-refractivity contribution >= 4 is 28.2 Å². The van der Waals surface area contributed by atoms with Crippen molar-refractivity contribution in [1.29, 1.82) is 0 Å². The lowest BCUT2D eigenvalue weighted by Crippen LogP contribution is -2.28. The van der Waals surface area contributed by atoms with Crippen LogP contribution in [0.5, 0.6) is 0 Å². The molecule has 0 bridgehead atoms. The van der Waals surface area contributed by atoms with Crippen LogP contribution in [0.25, 0.3) is 0 Å². The van der Waals surface area contributed by atoms with E-state index in [0.29, 0.717) is 30.1 Å². The zero-order chi connectivity index (χ0) is 13.3. The molecule has 1 aromatic heterocycles. The van der Waals surface area contributed by atoms with Crippen molar-refractivity contribution in [1.82, 2.24) is 0 Å². The molecule has 1 atom stereocenters. The van der Waals surface area contributed by atoms with Gasteiger partial charge in [0.1, 0.15) is 5.00 Å². The van der Waals surface area contributed by atoms with Crippen molar-refractivity contribution in [2.75, 3.05) is 18.1 Å². The third kappa shape index (κ3) is 2.39. The number of anilines is 1. The van der Waals surface area contributed by atoms with Gasteiger partial charge in [-0.05, 0) is 19.9 Å². The Kier molecular flexibility index (Phi) is 3.68. The largest absolute Gasteiger partial charge is 0.462 e. The number of ether oxygens (including phenoxy) is 1. The van der Waals surface area contributed by atoms with Crippen LogP contribution in [0, 0.1) is 6.92 Å². The molecule has 1 aliphatic rings. The van der Waals surface area contributed by atoms with Crippen molar-refractivity contribution in [3.05, 3.63) is 16.5 Å². The van der Waals surface area contributed by atoms with Gasteiger partial charge in [0.15, 0.2) is 0 Å². The van der Waals surface area contributed by atoms with E-state index in [1.807, 2.05) is 6.92 Å². The first-order valence-corrected chi connectivity index (χ1v) is 6.68.